The molecule has 344 valence electrons. The number of carboxylic acid groups (broad SMARTS) is 2. The van der Waals surface area contributed by atoms with Crippen LogP contribution in [0.4, 0.5) is 0 Å². The van der Waals surface area contributed by atoms with Crippen LogP contribution in [0.5, 0.6) is 0 Å². The number of carbonyl (C=O) groups excluding carboxylic acids is 4. The third kappa shape index (κ3) is 40.3. The van der Waals surface area contributed by atoms with Crippen LogP contribution in [-0.2, 0) is 67.8 Å². The molecular weight excluding hydrogens is 855 g/mol. The second-order valence-corrected chi connectivity index (χ2v) is 17.0. The molecule has 0 saturated heterocycles. The van der Waals surface area contributed by atoms with Gasteiger partial charge in [0.15, 0.2) is 0 Å². The zero-order chi connectivity index (χ0) is 44.2. The summed E-state index contributed by atoms with van der Waals surface area (Å²) in [4.78, 5) is 45.6. The molecule has 0 aliphatic carbocycles. The van der Waals surface area contributed by atoms with E-state index < -0.39 is 79.7 Å². The number of hydrogen-bond acceptors (Lipinski definition) is 16. The fraction of sp³-hybridized carbons (Fsp3) is 0.895. The fourth-order valence-corrected chi connectivity index (χ4v) is 6.19. The third-order valence-corrected chi connectivity index (χ3v) is 10.5. The van der Waals surface area contributed by atoms with Crippen molar-refractivity contribution in [3.8, 4) is 0 Å². The fourth-order valence-electron chi connectivity index (χ4n) is 5.01. The first-order chi connectivity index (χ1) is 27.4. The van der Waals surface area contributed by atoms with Gasteiger partial charge in [0, 0.05) is 26.4 Å². The third-order valence-electron chi connectivity index (χ3n) is 8.33. The second kappa shape index (κ2) is 42.5. The van der Waals surface area contributed by atoms with Gasteiger partial charge in [0.05, 0.1) is 51.2 Å². The summed E-state index contributed by atoms with van der Waals surface area (Å²) >= 11 is 0. The number of ether oxygens (including phenoxy) is 6. The molecule has 0 aromatic heterocycles. The molecule has 0 aromatic rings. The maximum Gasteiger partial charge on any atom is 1.00 e. The Bertz CT molecular complexity index is 1170. The predicted molar refractivity (Wildman–Crippen MR) is 210 cm³/mol. The van der Waals surface area contributed by atoms with Crippen LogP contribution in [0, 0.1) is 0 Å². The van der Waals surface area contributed by atoms with E-state index in [9.17, 15) is 46.2 Å². The monoisotopic (exact) mass is 924 g/mol. The van der Waals surface area contributed by atoms with E-state index in [-0.39, 0.29) is 85.5 Å². The first kappa shape index (κ1) is 66.1. The van der Waals surface area contributed by atoms with Crippen LogP contribution >= 0.6 is 0 Å². The molecule has 60 heavy (non-hydrogen) atoms. The quantitative estimate of drug-likeness (QED) is 0.0270. The molecule has 2 atom stereocenters. The maximum atomic E-state index is 12.0. The molecule has 0 radical (unpaired) electrons. The summed E-state index contributed by atoms with van der Waals surface area (Å²) in [5.41, 5.74) is 0. The Morgan fingerprint density at radius 1 is 0.450 bits per heavy atom. The molecule has 2 unspecified atom stereocenters. The summed E-state index contributed by atoms with van der Waals surface area (Å²) < 4.78 is 94.4. The first-order valence-corrected chi connectivity index (χ1v) is 23.5. The van der Waals surface area contributed by atoms with Gasteiger partial charge in [-0.15, -0.1) is 0 Å². The molecule has 0 aliphatic heterocycles. The van der Waals surface area contributed by atoms with E-state index in [0.29, 0.717) is 26.4 Å². The Balaban J connectivity index is -0.000000506. The van der Waals surface area contributed by atoms with Gasteiger partial charge in [-0.2, -0.15) is 16.8 Å². The predicted octanol–water partition coefficient (Wildman–Crippen LogP) is -3.02. The molecule has 0 spiro atoms. The minimum absolute atomic E-state index is 0. The molecule has 0 aromatic carbocycles. The first-order valence-electron chi connectivity index (χ1n) is 20.5. The summed E-state index contributed by atoms with van der Waals surface area (Å²) in [7, 11) is -9.96. The largest absolute Gasteiger partial charge is 1.00 e. The van der Waals surface area contributed by atoms with Crippen LogP contribution in [0.1, 0.15) is 143 Å². The van der Waals surface area contributed by atoms with E-state index in [2.05, 4.69) is 27.7 Å². The molecule has 18 nitrogen and oxygen atoms in total. The van der Waals surface area contributed by atoms with Gasteiger partial charge in [0.2, 0.25) is 0 Å². The molecule has 22 heteroatoms. The Kier molecular flexibility index (Phi) is 46.8. The van der Waals surface area contributed by atoms with Crippen molar-refractivity contribution in [1.29, 1.82) is 0 Å². The van der Waals surface area contributed by atoms with E-state index >= 15 is 0 Å². The number of carboxylic acids is 2. The van der Waals surface area contributed by atoms with E-state index in [0.717, 1.165) is 103 Å². The minimum atomic E-state index is -4.98. The zero-order valence-electron chi connectivity index (χ0n) is 36.9. The van der Waals surface area contributed by atoms with Gasteiger partial charge in [0.25, 0.3) is 20.2 Å². The van der Waals surface area contributed by atoms with Gasteiger partial charge >= 0.3 is 71.1 Å². The van der Waals surface area contributed by atoms with Crippen LogP contribution in [0.15, 0.2) is 0 Å². The normalized spacial score (nSPS) is 12.4. The number of rotatable bonds is 38. The Morgan fingerprint density at radius 2 is 0.683 bits per heavy atom. The number of aliphatic carboxylic acids is 2. The molecular formula is C38H70Na2O18S2. The molecule has 0 rings (SSSR count). The van der Waals surface area contributed by atoms with E-state index in [4.69, 9.17) is 37.5 Å². The van der Waals surface area contributed by atoms with Crippen molar-refractivity contribution >= 4 is 44.1 Å². The van der Waals surface area contributed by atoms with E-state index in [1.165, 1.54) is 0 Å². The number of esters is 2. The number of hydrogen-bond donors (Lipinski definition) is 2. The molecule has 2 N–H and O–H groups in total. The molecule has 0 saturated carbocycles. The second-order valence-electron chi connectivity index (χ2n) is 13.8. The van der Waals surface area contributed by atoms with Crippen LogP contribution in [-0.4, -0.2) is 125 Å². The Hall–Kier alpha value is -0.460. The molecule has 0 heterocycles. The molecule has 0 bridgehead atoms. The standard InChI is InChI=1S/2C19H36O9S.2Na/c2*1-3-5-7-9-11-26-14-16(15-27-12-10-8-6-4-2)28-18(20)13-17(19(21)22)29(23,24)25;;/h2*16-17H,3-15H2,1-2H3,(H,21,22)(H,23,24,25);;/q;;2*+1/p-2. The maximum absolute atomic E-state index is 12.0. The van der Waals surface area contributed by atoms with Gasteiger partial charge in [0.1, 0.15) is 22.7 Å². The van der Waals surface area contributed by atoms with Crippen LogP contribution in [0.25, 0.3) is 0 Å². The summed E-state index contributed by atoms with van der Waals surface area (Å²) in [6.07, 6.45) is 12.6. The zero-order valence-corrected chi connectivity index (χ0v) is 42.6. The van der Waals surface area contributed by atoms with Crippen molar-refractivity contribution in [3.63, 3.8) is 0 Å². The van der Waals surface area contributed by atoms with Crippen molar-refractivity contribution < 1.29 is 143 Å². The van der Waals surface area contributed by atoms with Crippen LogP contribution in [0.2, 0.25) is 0 Å². The minimum Gasteiger partial charge on any atom is -0.549 e. The van der Waals surface area contributed by atoms with Crippen molar-refractivity contribution in [2.45, 2.75) is 166 Å². The average Bonchev–Trinajstić information content (AvgIpc) is 3.14. The van der Waals surface area contributed by atoms with E-state index in [1.54, 1.807) is 0 Å². The molecule has 0 amide bonds. The van der Waals surface area contributed by atoms with Crippen molar-refractivity contribution in [3.05, 3.63) is 0 Å². The topological polar surface area (TPSA) is 279 Å². The SMILES string of the molecule is CCCCCCOCC(COCCCCCC)OC(=O)CC(C(=O)[O-])S(=O)(=O)O.CCCCCCOCC(COCCCCCC)OC(=O)CC(C(=O)[O-])S(=O)(=O)O.[Na+].[Na+]. The summed E-state index contributed by atoms with van der Waals surface area (Å²) in [5, 5.41) is 17.0. The smallest absolute Gasteiger partial charge is 0.549 e. The van der Waals surface area contributed by atoms with Crippen molar-refractivity contribution in [2.24, 2.45) is 0 Å². The number of unbranched alkanes of at least 4 members (excludes halogenated alkanes) is 12. The summed E-state index contributed by atoms with van der Waals surface area (Å²) in [5.74, 6) is -6.32. The van der Waals surface area contributed by atoms with Gasteiger partial charge in [-0.3, -0.25) is 18.7 Å². The molecule has 0 fully saturated rings. The van der Waals surface area contributed by atoms with Gasteiger partial charge in [-0.05, 0) is 25.7 Å². The Morgan fingerprint density at radius 3 is 0.867 bits per heavy atom. The van der Waals surface area contributed by atoms with Crippen LogP contribution in [0.3, 0.4) is 0 Å². The molecule has 0 aliphatic rings. The van der Waals surface area contributed by atoms with Crippen molar-refractivity contribution in [2.75, 3.05) is 52.9 Å². The summed E-state index contributed by atoms with van der Waals surface area (Å²) in [6.45, 7) is 10.5. The van der Waals surface area contributed by atoms with Gasteiger partial charge in [-0.1, -0.05) is 105 Å². The van der Waals surface area contributed by atoms with Gasteiger partial charge < -0.3 is 48.2 Å². The average molecular weight is 925 g/mol. The number of carbonyl (C=O) groups is 4. The van der Waals surface area contributed by atoms with Crippen molar-refractivity contribution in [1.82, 2.24) is 0 Å². The Labute approximate surface area is 402 Å². The van der Waals surface area contributed by atoms with Gasteiger partial charge in [-0.25, -0.2) is 0 Å². The van der Waals surface area contributed by atoms with Crippen LogP contribution < -0.4 is 69.3 Å². The summed E-state index contributed by atoms with van der Waals surface area (Å²) in [6, 6.07) is 0. The van der Waals surface area contributed by atoms with E-state index in [1.807, 2.05) is 0 Å².